The first kappa shape index (κ1) is 6.02. The fourth-order valence-corrected chi connectivity index (χ4v) is 0.938. The van der Waals surface area contributed by atoms with Crippen LogP contribution in [0.15, 0.2) is 0 Å². The molecule has 47 valence electrons. The molecule has 1 aliphatic heterocycles. The van der Waals surface area contributed by atoms with Gasteiger partial charge in [0.2, 0.25) is 0 Å². The quantitative estimate of drug-likeness (QED) is 0.467. The first-order chi connectivity index (χ1) is 3.79. The number of hydrogen-bond donors (Lipinski definition) is 1. The molecule has 1 nitrogen and oxygen atoms in total. The van der Waals surface area contributed by atoms with Crippen LogP contribution in [0.25, 0.3) is 0 Å². The summed E-state index contributed by atoms with van der Waals surface area (Å²) in [4.78, 5) is 0. The summed E-state index contributed by atoms with van der Waals surface area (Å²) in [5, 5.41) is 2.71. The van der Waals surface area contributed by atoms with Crippen molar-refractivity contribution in [2.24, 2.45) is 5.92 Å². The highest BCUT2D eigenvalue weighted by molar-refractivity contribution is 4.72. The molecule has 1 heterocycles. The maximum atomic E-state index is 12.3. The predicted octanol–water partition coefficient (Wildman–Crippen LogP) is 1.12. The lowest BCUT2D eigenvalue weighted by Gasteiger charge is -2.21. The molecule has 0 aromatic rings. The topological polar surface area (TPSA) is 12.0 Å². The molecule has 0 amide bonds. The third-order valence-electron chi connectivity index (χ3n) is 1.46. The highest BCUT2D eigenvalue weighted by Crippen LogP contribution is 2.14. The molecular formula is C6H11FN. The molecule has 0 bridgehead atoms. The second kappa shape index (κ2) is 2.44. The van der Waals surface area contributed by atoms with E-state index in [-0.39, 0.29) is 0 Å². The number of halogens is 1. The fraction of sp³-hybridized carbons (Fsp3) is 0.833. The van der Waals surface area contributed by atoms with Crippen molar-refractivity contribution in [3.63, 3.8) is 0 Å². The minimum Gasteiger partial charge on any atom is -0.288 e. The van der Waals surface area contributed by atoms with E-state index >= 15 is 0 Å². The molecule has 1 rings (SSSR count). The van der Waals surface area contributed by atoms with Crippen LogP contribution in [0, 0.1) is 12.8 Å². The van der Waals surface area contributed by atoms with Crippen LogP contribution in [0.1, 0.15) is 12.8 Å². The number of hydrogen-bond acceptors (Lipinski definition) is 1. The summed E-state index contributed by atoms with van der Waals surface area (Å²) in [6.45, 7) is 4.55. The van der Waals surface area contributed by atoms with Gasteiger partial charge in [0.05, 0.1) is 0 Å². The molecule has 0 saturated carbocycles. The molecule has 2 heteroatoms. The van der Waals surface area contributed by atoms with Gasteiger partial charge in [0.15, 0.2) is 6.30 Å². The van der Waals surface area contributed by atoms with E-state index < -0.39 is 6.30 Å². The van der Waals surface area contributed by atoms with Crippen LogP contribution in [0.5, 0.6) is 0 Å². The number of alkyl halides is 1. The normalized spacial score (nSPS) is 39.8. The second-order valence-corrected chi connectivity index (χ2v) is 2.31. The van der Waals surface area contributed by atoms with Crippen LogP contribution in [-0.4, -0.2) is 12.8 Å². The summed E-state index contributed by atoms with van der Waals surface area (Å²) in [6.07, 6.45) is 0.798. The lowest BCUT2D eigenvalue weighted by atomic mass is 10.0. The van der Waals surface area contributed by atoms with Gasteiger partial charge in [0, 0.05) is 0 Å². The van der Waals surface area contributed by atoms with Crippen molar-refractivity contribution in [2.45, 2.75) is 19.1 Å². The summed E-state index contributed by atoms with van der Waals surface area (Å²) in [5.74, 6) is 0.325. The average Bonchev–Trinajstić information content (AvgIpc) is 1.64. The number of rotatable bonds is 0. The Labute approximate surface area is 49.3 Å². The minimum atomic E-state index is -0.800. The molecule has 8 heavy (non-hydrogen) atoms. The second-order valence-electron chi connectivity index (χ2n) is 2.31. The highest BCUT2D eigenvalue weighted by atomic mass is 19.1. The Morgan fingerprint density at radius 3 is 2.75 bits per heavy atom. The standard InChI is InChI=1S/C6H11FN/c1-5-2-3-8-6(7)4-5/h5-6,8H,1-4H2. The van der Waals surface area contributed by atoms with Gasteiger partial charge in [-0.2, -0.15) is 0 Å². The largest absolute Gasteiger partial charge is 0.288 e. The highest BCUT2D eigenvalue weighted by Gasteiger charge is 2.15. The van der Waals surface area contributed by atoms with Crippen LogP contribution in [0.4, 0.5) is 4.39 Å². The van der Waals surface area contributed by atoms with Crippen LogP contribution in [-0.2, 0) is 0 Å². The van der Waals surface area contributed by atoms with Gasteiger partial charge >= 0.3 is 0 Å². The first-order valence-electron chi connectivity index (χ1n) is 2.99. The smallest absolute Gasteiger partial charge is 0.151 e. The minimum absolute atomic E-state index is 0.325. The molecular weight excluding hydrogens is 105 g/mol. The van der Waals surface area contributed by atoms with E-state index in [1.165, 1.54) is 0 Å². The Bertz CT molecular complexity index is 66.9. The molecule has 1 aliphatic rings. The first-order valence-corrected chi connectivity index (χ1v) is 2.99. The van der Waals surface area contributed by atoms with E-state index in [1.807, 2.05) is 0 Å². The molecule has 1 N–H and O–H groups in total. The molecule has 1 fully saturated rings. The average molecular weight is 116 g/mol. The van der Waals surface area contributed by atoms with Gasteiger partial charge in [0.1, 0.15) is 0 Å². The van der Waals surface area contributed by atoms with E-state index in [2.05, 4.69) is 12.2 Å². The van der Waals surface area contributed by atoms with E-state index in [1.54, 1.807) is 0 Å². The van der Waals surface area contributed by atoms with Gasteiger partial charge in [-0.1, -0.05) is 0 Å². The molecule has 0 spiro atoms. The Morgan fingerprint density at radius 1 is 1.62 bits per heavy atom. The lowest BCUT2D eigenvalue weighted by Crippen LogP contribution is -2.33. The Morgan fingerprint density at radius 2 is 2.38 bits per heavy atom. The van der Waals surface area contributed by atoms with Gasteiger partial charge in [-0.05, 0) is 32.2 Å². The summed E-state index contributed by atoms with van der Waals surface area (Å²) >= 11 is 0. The summed E-state index contributed by atoms with van der Waals surface area (Å²) in [6, 6.07) is 0. The fourth-order valence-electron chi connectivity index (χ4n) is 0.938. The molecule has 0 aliphatic carbocycles. The predicted molar refractivity (Wildman–Crippen MR) is 31.0 cm³/mol. The van der Waals surface area contributed by atoms with Gasteiger partial charge in [-0.3, -0.25) is 5.32 Å². The maximum Gasteiger partial charge on any atom is 0.151 e. The molecule has 2 unspecified atom stereocenters. The number of nitrogens with one attached hydrogen (secondary N) is 1. The zero-order valence-electron chi connectivity index (χ0n) is 4.86. The van der Waals surface area contributed by atoms with Gasteiger partial charge in [0.25, 0.3) is 0 Å². The van der Waals surface area contributed by atoms with Crippen molar-refractivity contribution in [3.8, 4) is 0 Å². The van der Waals surface area contributed by atoms with Crippen molar-refractivity contribution in [1.29, 1.82) is 0 Å². The van der Waals surface area contributed by atoms with Crippen molar-refractivity contribution >= 4 is 0 Å². The molecule has 1 saturated heterocycles. The Balaban J connectivity index is 2.23. The van der Waals surface area contributed by atoms with Crippen LogP contribution >= 0.6 is 0 Å². The third-order valence-corrected chi connectivity index (χ3v) is 1.46. The SMILES string of the molecule is [CH2]C1CCNC(F)C1. The lowest BCUT2D eigenvalue weighted by molar-refractivity contribution is 0.195. The Hall–Kier alpha value is -0.110. The summed E-state index contributed by atoms with van der Waals surface area (Å²) < 4.78 is 12.3. The summed E-state index contributed by atoms with van der Waals surface area (Å²) in [5.41, 5.74) is 0. The Kier molecular flexibility index (Phi) is 1.84. The van der Waals surface area contributed by atoms with Crippen molar-refractivity contribution in [3.05, 3.63) is 6.92 Å². The van der Waals surface area contributed by atoms with E-state index in [4.69, 9.17) is 0 Å². The van der Waals surface area contributed by atoms with Crippen molar-refractivity contribution in [1.82, 2.24) is 5.32 Å². The maximum absolute atomic E-state index is 12.3. The van der Waals surface area contributed by atoms with Gasteiger partial charge < -0.3 is 0 Å². The number of piperidine rings is 1. The zero-order chi connectivity index (χ0) is 5.98. The van der Waals surface area contributed by atoms with Crippen molar-refractivity contribution in [2.75, 3.05) is 6.54 Å². The van der Waals surface area contributed by atoms with Crippen molar-refractivity contribution < 1.29 is 4.39 Å². The summed E-state index contributed by atoms with van der Waals surface area (Å²) in [7, 11) is 0. The van der Waals surface area contributed by atoms with Crippen LogP contribution < -0.4 is 5.32 Å². The molecule has 0 aromatic heterocycles. The molecule has 0 aromatic carbocycles. The van der Waals surface area contributed by atoms with Crippen LogP contribution in [0.2, 0.25) is 0 Å². The van der Waals surface area contributed by atoms with Crippen LogP contribution in [0.3, 0.4) is 0 Å². The van der Waals surface area contributed by atoms with Gasteiger partial charge in [-0.15, -0.1) is 0 Å². The third kappa shape index (κ3) is 1.44. The van der Waals surface area contributed by atoms with Gasteiger partial charge in [-0.25, -0.2) is 4.39 Å². The molecule has 1 radical (unpaired) electrons. The van der Waals surface area contributed by atoms with E-state index in [0.29, 0.717) is 12.3 Å². The van der Waals surface area contributed by atoms with E-state index in [0.717, 1.165) is 13.0 Å². The zero-order valence-corrected chi connectivity index (χ0v) is 4.86. The van der Waals surface area contributed by atoms with E-state index in [9.17, 15) is 4.39 Å². The molecule has 2 atom stereocenters. The monoisotopic (exact) mass is 116 g/mol.